The van der Waals surface area contributed by atoms with E-state index in [0.717, 1.165) is 18.0 Å². The molecule has 0 aliphatic carbocycles. The van der Waals surface area contributed by atoms with E-state index in [9.17, 15) is 0 Å². The molecule has 0 spiro atoms. The van der Waals surface area contributed by atoms with Crippen molar-refractivity contribution in [1.29, 1.82) is 0 Å². The normalized spacial score (nSPS) is 13.9. The fraction of sp³-hybridized carbons (Fsp3) is 0.600. The number of halogens is 1. The van der Waals surface area contributed by atoms with Gasteiger partial charge in [0.2, 0.25) is 0 Å². The van der Waals surface area contributed by atoms with E-state index < -0.39 is 0 Å². The smallest absolute Gasteiger partial charge is 0.0409 e. The first-order chi connectivity index (χ1) is 8.36. The van der Waals surface area contributed by atoms with Gasteiger partial charge >= 0.3 is 0 Å². The van der Waals surface area contributed by atoms with Crippen LogP contribution in [-0.4, -0.2) is 31.1 Å². The number of hydrogen-bond donors (Lipinski definition) is 1. The summed E-state index contributed by atoms with van der Waals surface area (Å²) in [5.41, 5.74) is 1.41. The number of rotatable bonds is 6. The van der Waals surface area contributed by atoms with Crippen LogP contribution in [0.4, 0.5) is 0 Å². The van der Waals surface area contributed by atoms with Gasteiger partial charge in [-0.2, -0.15) is 0 Å². The average Bonchev–Trinajstić information content (AvgIpc) is 2.29. The van der Waals surface area contributed by atoms with Crippen molar-refractivity contribution in [2.24, 2.45) is 0 Å². The Kier molecular flexibility index (Phi) is 5.64. The molecule has 18 heavy (non-hydrogen) atoms. The largest absolute Gasteiger partial charge is 0.308 e. The summed E-state index contributed by atoms with van der Waals surface area (Å²) in [4.78, 5) is 2.24. The topological polar surface area (TPSA) is 15.3 Å². The van der Waals surface area contributed by atoms with E-state index >= 15 is 0 Å². The average molecular weight is 269 g/mol. The van der Waals surface area contributed by atoms with Gasteiger partial charge in [0.15, 0.2) is 0 Å². The van der Waals surface area contributed by atoms with Crippen molar-refractivity contribution in [3.8, 4) is 0 Å². The molecule has 0 aromatic heterocycles. The highest BCUT2D eigenvalue weighted by Gasteiger charge is 2.21. The Morgan fingerprint density at radius 1 is 1.33 bits per heavy atom. The molecule has 0 bridgehead atoms. The Balaban J connectivity index is 2.69. The van der Waals surface area contributed by atoms with Crippen molar-refractivity contribution in [3.05, 3.63) is 34.9 Å². The van der Waals surface area contributed by atoms with Crippen molar-refractivity contribution >= 4 is 11.6 Å². The molecule has 1 unspecified atom stereocenters. The van der Waals surface area contributed by atoms with Crippen molar-refractivity contribution in [3.63, 3.8) is 0 Å². The zero-order valence-electron chi connectivity index (χ0n) is 12.1. The highest BCUT2D eigenvalue weighted by atomic mass is 35.5. The van der Waals surface area contributed by atoms with Gasteiger partial charge in [0, 0.05) is 23.1 Å². The van der Waals surface area contributed by atoms with E-state index in [0.29, 0.717) is 6.04 Å². The molecule has 0 aliphatic heterocycles. The van der Waals surface area contributed by atoms with Crippen LogP contribution in [0, 0.1) is 0 Å². The first-order valence-corrected chi connectivity index (χ1v) is 6.91. The summed E-state index contributed by atoms with van der Waals surface area (Å²) in [7, 11) is 4.23. The van der Waals surface area contributed by atoms with Crippen LogP contribution in [0.25, 0.3) is 0 Å². The predicted molar refractivity (Wildman–Crippen MR) is 80.3 cm³/mol. The van der Waals surface area contributed by atoms with Crippen LogP contribution < -0.4 is 5.32 Å². The SMILES string of the molecule is CCC(NCC(C)(C)N(C)C)c1cccc(Cl)c1. The van der Waals surface area contributed by atoms with Gasteiger partial charge in [0.25, 0.3) is 0 Å². The number of nitrogens with one attached hydrogen (secondary N) is 1. The second kappa shape index (κ2) is 6.55. The van der Waals surface area contributed by atoms with Gasteiger partial charge in [-0.05, 0) is 52.1 Å². The molecule has 1 rings (SSSR count). The molecule has 0 saturated heterocycles. The predicted octanol–water partition coefficient (Wildman–Crippen LogP) is 3.72. The second-order valence-electron chi connectivity index (χ2n) is 5.60. The number of nitrogens with zero attached hydrogens (tertiary/aromatic N) is 1. The summed E-state index contributed by atoms with van der Waals surface area (Å²) in [5, 5.41) is 4.44. The minimum atomic E-state index is 0.145. The number of benzene rings is 1. The van der Waals surface area contributed by atoms with E-state index in [1.54, 1.807) is 0 Å². The number of likely N-dealkylation sites (N-methyl/N-ethyl adjacent to an activating group) is 1. The standard InChI is InChI=1S/C15H25ClN2/c1-6-14(12-8-7-9-13(16)10-12)17-11-15(2,3)18(4)5/h7-10,14,17H,6,11H2,1-5H3. The third-order valence-corrected chi connectivity index (χ3v) is 3.89. The summed E-state index contributed by atoms with van der Waals surface area (Å²) in [6.45, 7) is 7.63. The Bertz CT molecular complexity index is 375. The molecule has 1 aromatic rings. The maximum Gasteiger partial charge on any atom is 0.0409 e. The van der Waals surface area contributed by atoms with E-state index in [1.165, 1.54) is 5.56 Å². The van der Waals surface area contributed by atoms with E-state index in [4.69, 9.17) is 11.6 Å². The van der Waals surface area contributed by atoms with E-state index in [2.05, 4.69) is 51.1 Å². The van der Waals surface area contributed by atoms with Gasteiger partial charge in [-0.1, -0.05) is 30.7 Å². The number of hydrogen-bond acceptors (Lipinski definition) is 2. The summed E-state index contributed by atoms with van der Waals surface area (Å²) < 4.78 is 0. The molecule has 1 atom stereocenters. The van der Waals surface area contributed by atoms with Crippen molar-refractivity contribution in [2.75, 3.05) is 20.6 Å². The molecule has 0 heterocycles. The maximum atomic E-state index is 6.05. The Labute approximate surface area is 116 Å². The third kappa shape index (κ3) is 4.27. The molecule has 0 aliphatic rings. The Morgan fingerprint density at radius 2 is 2.00 bits per heavy atom. The molecule has 1 N–H and O–H groups in total. The molecule has 2 nitrogen and oxygen atoms in total. The highest BCUT2D eigenvalue weighted by Crippen LogP contribution is 2.21. The van der Waals surface area contributed by atoms with Crippen LogP contribution in [0.2, 0.25) is 5.02 Å². The zero-order valence-corrected chi connectivity index (χ0v) is 12.9. The van der Waals surface area contributed by atoms with Crippen LogP contribution in [-0.2, 0) is 0 Å². The van der Waals surface area contributed by atoms with Crippen molar-refractivity contribution in [1.82, 2.24) is 10.2 Å². The van der Waals surface area contributed by atoms with E-state index in [1.807, 2.05) is 18.2 Å². The fourth-order valence-electron chi connectivity index (χ4n) is 1.75. The van der Waals surface area contributed by atoms with Crippen LogP contribution in [0.1, 0.15) is 38.8 Å². The molecule has 3 heteroatoms. The highest BCUT2D eigenvalue weighted by molar-refractivity contribution is 6.30. The first kappa shape index (κ1) is 15.5. The molecular weight excluding hydrogens is 244 g/mol. The summed E-state index contributed by atoms with van der Waals surface area (Å²) in [6.07, 6.45) is 1.06. The van der Waals surface area contributed by atoms with Gasteiger partial charge in [0.1, 0.15) is 0 Å². The van der Waals surface area contributed by atoms with Gasteiger partial charge in [-0.3, -0.25) is 0 Å². The minimum Gasteiger partial charge on any atom is -0.308 e. The lowest BCUT2D eigenvalue weighted by Crippen LogP contribution is -2.47. The van der Waals surface area contributed by atoms with Crippen LogP contribution in [0.3, 0.4) is 0 Å². The molecule has 0 fully saturated rings. The minimum absolute atomic E-state index is 0.145. The second-order valence-corrected chi connectivity index (χ2v) is 6.04. The quantitative estimate of drug-likeness (QED) is 0.846. The lowest BCUT2D eigenvalue weighted by Gasteiger charge is -2.34. The summed E-state index contributed by atoms with van der Waals surface area (Å²) >= 11 is 6.05. The van der Waals surface area contributed by atoms with Crippen LogP contribution in [0.15, 0.2) is 24.3 Å². The first-order valence-electron chi connectivity index (χ1n) is 6.53. The molecular formula is C15H25ClN2. The van der Waals surface area contributed by atoms with Gasteiger partial charge in [-0.25, -0.2) is 0 Å². The Hall–Kier alpha value is -0.570. The lowest BCUT2D eigenvalue weighted by molar-refractivity contribution is 0.183. The summed E-state index contributed by atoms with van der Waals surface area (Å²) in [5.74, 6) is 0. The molecule has 0 amide bonds. The molecule has 0 saturated carbocycles. The summed E-state index contributed by atoms with van der Waals surface area (Å²) in [6, 6.07) is 8.48. The zero-order chi connectivity index (χ0) is 13.8. The van der Waals surface area contributed by atoms with Gasteiger partial charge in [0.05, 0.1) is 0 Å². The van der Waals surface area contributed by atoms with Gasteiger partial charge < -0.3 is 10.2 Å². The van der Waals surface area contributed by atoms with Gasteiger partial charge in [-0.15, -0.1) is 0 Å². The Morgan fingerprint density at radius 3 is 2.50 bits per heavy atom. The van der Waals surface area contributed by atoms with Crippen molar-refractivity contribution in [2.45, 2.75) is 38.8 Å². The van der Waals surface area contributed by atoms with Crippen LogP contribution in [0.5, 0.6) is 0 Å². The molecule has 0 radical (unpaired) electrons. The third-order valence-electron chi connectivity index (χ3n) is 3.65. The molecule has 102 valence electrons. The maximum absolute atomic E-state index is 6.05. The lowest BCUT2D eigenvalue weighted by atomic mass is 10.0. The molecule has 1 aromatic carbocycles. The fourth-order valence-corrected chi connectivity index (χ4v) is 1.95. The van der Waals surface area contributed by atoms with E-state index in [-0.39, 0.29) is 5.54 Å². The van der Waals surface area contributed by atoms with Crippen LogP contribution >= 0.6 is 11.6 Å². The van der Waals surface area contributed by atoms with Crippen molar-refractivity contribution < 1.29 is 0 Å². The monoisotopic (exact) mass is 268 g/mol.